The van der Waals surface area contributed by atoms with Crippen LogP contribution < -0.4 is 5.32 Å². The number of carbonyl (C=O) groups is 1. The van der Waals surface area contributed by atoms with Gasteiger partial charge in [-0.15, -0.1) is 0 Å². The predicted octanol–water partition coefficient (Wildman–Crippen LogP) is 5.03. The van der Waals surface area contributed by atoms with Gasteiger partial charge < -0.3 is 15.2 Å². The monoisotopic (exact) mass is 464 g/mol. The zero-order valence-electron chi connectivity index (χ0n) is 19.9. The highest BCUT2D eigenvalue weighted by Gasteiger charge is 2.12. The Morgan fingerprint density at radius 2 is 1.86 bits per heavy atom. The Balaban J connectivity index is 1.39. The summed E-state index contributed by atoms with van der Waals surface area (Å²) >= 11 is 0. The Kier molecular flexibility index (Phi) is 6.41. The fourth-order valence-electron chi connectivity index (χ4n) is 4.08. The molecule has 3 aromatic heterocycles. The number of aromatic amines is 1. The molecule has 0 atom stereocenters. The lowest BCUT2D eigenvalue weighted by atomic mass is 10.0. The number of aromatic nitrogens is 4. The average Bonchev–Trinajstić information content (AvgIpc) is 3.50. The van der Waals surface area contributed by atoms with Crippen LogP contribution in [0, 0.1) is 0 Å². The summed E-state index contributed by atoms with van der Waals surface area (Å²) in [5, 5.41) is 8.59. The van der Waals surface area contributed by atoms with E-state index in [2.05, 4.69) is 44.8 Å². The van der Waals surface area contributed by atoms with Crippen LogP contribution in [0.15, 0.2) is 85.5 Å². The molecule has 35 heavy (non-hydrogen) atoms. The first kappa shape index (κ1) is 22.6. The molecule has 2 aromatic carbocycles. The number of fused-ring (bicyclic) bond motifs is 1. The van der Waals surface area contributed by atoms with Crippen molar-refractivity contribution in [1.29, 1.82) is 0 Å². The number of pyridine rings is 1. The number of hydrogen-bond donors (Lipinski definition) is 2. The zero-order chi connectivity index (χ0) is 24.2. The maximum atomic E-state index is 12.3. The second kappa shape index (κ2) is 9.95. The number of nitrogens with zero attached hydrogens (tertiary/aromatic N) is 4. The second-order valence-corrected chi connectivity index (χ2v) is 8.92. The van der Waals surface area contributed by atoms with Crippen molar-refractivity contribution in [3.8, 4) is 22.3 Å². The number of hydrogen-bond acceptors (Lipinski definition) is 4. The quantitative estimate of drug-likeness (QED) is 0.338. The van der Waals surface area contributed by atoms with E-state index in [1.807, 2.05) is 84.7 Å². The summed E-state index contributed by atoms with van der Waals surface area (Å²) in [5.41, 5.74) is 6.89. The Bertz CT molecular complexity index is 1450. The minimum atomic E-state index is 0.00450. The number of anilines is 1. The van der Waals surface area contributed by atoms with Gasteiger partial charge in [0, 0.05) is 59.3 Å². The smallest absolute Gasteiger partial charge is 0.225 e. The normalized spacial score (nSPS) is 11.3. The summed E-state index contributed by atoms with van der Waals surface area (Å²) in [6.45, 7) is 1.43. The molecule has 0 bridgehead atoms. The van der Waals surface area contributed by atoms with Crippen molar-refractivity contribution in [1.82, 2.24) is 24.6 Å². The number of rotatable bonds is 8. The highest BCUT2D eigenvalue weighted by molar-refractivity contribution is 5.96. The molecule has 0 saturated heterocycles. The maximum Gasteiger partial charge on any atom is 0.225 e. The Labute approximate surface area is 204 Å². The second-order valence-electron chi connectivity index (χ2n) is 8.92. The topological polar surface area (TPSA) is 78.8 Å². The van der Waals surface area contributed by atoms with Crippen LogP contribution in [0.4, 0.5) is 5.69 Å². The van der Waals surface area contributed by atoms with Crippen molar-refractivity contribution in [2.24, 2.45) is 0 Å². The van der Waals surface area contributed by atoms with E-state index < -0.39 is 0 Å². The SMILES string of the molecule is CN(C)CCC(=O)Nc1cccc(-c2cnc3[nH]cc(-c4cnn(Cc5ccccc5)c4)c3c2)c1. The average molecular weight is 465 g/mol. The maximum absolute atomic E-state index is 12.3. The highest BCUT2D eigenvalue weighted by Crippen LogP contribution is 2.31. The minimum Gasteiger partial charge on any atom is -0.346 e. The highest BCUT2D eigenvalue weighted by atomic mass is 16.1. The van der Waals surface area contributed by atoms with Crippen molar-refractivity contribution in [3.63, 3.8) is 0 Å². The van der Waals surface area contributed by atoms with Gasteiger partial charge in [-0.05, 0) is 43.4 Å². The Hall–Kier alpha value is -4.23. The van der Waals surface area contributed by atoms with Gasteiger partial charge in [-0.2, -0.15) is 5.10 Å². The number of benzene rings is 2. The fourth-order valence-corrected chi connectivity index (χ4v) is 4.08. The molecule has 2 N–H and O–H groups in total. The van der Waals surface area contributed by atoms with E-state index in [1.165, 1.54) is 5.56 Å². The van der Waals surface area contributed by atoms with Gasteiger partial charge in [0.25, 0.3) is 0 Å². The summed E-state index contributed by atoms with van der Waals surface area (Å²) in [4.78, 5) is 22.2. The predicted molar refractivity (Wildman–Crippen MR) is 140 cm³/mol. The van der Waals surface area contributed by atoms with Gasteiger partial charge in [0.1, 0.15) is 5.65 Å². The molecule has 5 rings (SSSR count). The third kappa shape index (κ3) is 5.31. The van der Waals surface area contributed by atoms with E-state index in [0.717, 1.165) is 45.5 Å². The molecule has 0 radical (unpaired) electrons. The largest absolute Gasteiger partial charge is 0.346 e. The minimum absolute atomic E-state index is 0.00450. The van der Waals surface area contributed by atoms with Crippen LogP contribution in [-0.2, 0) is 11.3 Å². The first-order valence-corrected chi connectivity index (χ1v) is 11.6. The van der Waals surface area contributed by atoms with Crippen LogP contribution in [-0.4, -0.2) is 51.2 Å². The van der Waals surface area contributed by atoms with Crippen LogP contribution >= 0.6 is 0 Å². The van der Waals surface area contributed by atoms with Crippen molar-refractivity contribution < 1.29 is 4.79 Å². The molecule has 0 saturated carbocycles. The van der Waals surface area contributed by atoms with E-state index in [1.54, 1.807) is 0 Å². The van der Waals surface area contributed by atoms with Crippen LogP contribution in [0.1, 0.15) is 12.0 Å². The van der Waals surface area contributed by atoms with Crippen LogP contribution in [0.5, 0.6) is 0 Å². The molecule has 0 aliphatic carbocycles. The molecule has 0 spiro atoms. The van der Waals surface area contributed by atoms with Gasteiger partial charge in [0.05, 0.1) is 12.7 Å². The van der Waals surface area contributed by atoms with Gasteiger partial charge in [-0.25, -0.2) is 4.98 Å². The molecule has 5 aromatic rings. The number of amides is 1. The molecule has 7 nitrogen and oxygen atoms in total. The van der Waals surface area contributed by atoms with Gasteiger partial charge >= 0.3 is 0 Å². The molecule has 7 heteroatoms. The summed E-state index contributed by atoms with van der Waals surface area (Å²) in [5.74, 6) is 0.00450. The van der Waals surface area contributed by atoms with Crippen LogP contribution in [0.25, 0.3) is 33.3 Å². The first-order valence-electron chi connectivity index (χ1n) is 11.6. The lowest BCUT2D eigenvalue weighted by Gasteiger charge is -2.10. The van der Waals surface area contributed by atoms with Gasteiger partial charge in [0.2, 0.25) is 5.91 Å². The Morgan fingerprint density at radius 3 is 2.69 bits per heavy atom. The molecular formula is C28H28N6O. The fraction of sp³-hybridized carbons (Fsp3) is 0.179. The Morgan fingerprint density at radius 1 is 1.00 bits per heavy atom. The molecule has 1 amide bonds. The molecule has 0 aliphatic rings. The van der Waals surface area contributed by atoms with Crippen molar-refractivity contribution in [3.05, 3.63) is 91.0 Å². The summed E-state index contributed by atoms with van der Waals surface area (Å²) in [6.07, 6.45) is 8.24. The molecular weight excluding hydrogens is 436 g/mol. The zero-order valence-corrected chi connectivity index (χ0v) is 19.9. The molecule has 176 valence electrons. The summed E-state index contributed by atoms with van der Waals surface area (Å²) < 4.78 is 1.95. The third-order valence-corrected chi connectivity index (χ3v) is 5.93. The van der Waals surface area contributed by atoms with Crippen LogP contribution in [0.2, 0.25) is 0 Å². The van der Waals surface area contributed by atoms with Crippen molar-refractivity contribution >= 4 is 22.6 Å². The van der Waals surface area contributed by atoms with Crippen molar-refractivity contribution in [2.45, 2.75) is 13.0 Å². The van der Waals surface area contributed by atoms with E-state index in [9.17, 15) is 4.79 Å². The molecule has 0 unspecified atom stereocenters. The van der Waals surface area contributed by atoms with Gasteiger partial charge in [0.15, 0.2) is 0 Å². The number of H-pyrrole nitrogens is 1. The van der Waals surface area contributed by atoms with Crippen LogP contribution in [0.3, 0.4) is 0 Å². The van der Waals surface area contributed by atoms with Gasteiger partial charge in [-0.3, -0.25) is 9.48 Å². The van der Waals surface area contributed by atoms with Gasteiger partial charge in [-0.1, -0.05) is 42.5 Å². The molecule has 3 heterocycles. The standard InChI is InChI=1S/C28H28N6O/c1-33(2)12-11-27(35)32-24-10-6-9-21(13-24)22-14-25-26(17-30-28(25)29-15-22)23-16-31-34(19-23)18-20-7-4-3-5-8-20/h3-10,13-17,19H,11-12,18H2,1-2H3,(H,29,30)(H,32,35). The number of nitrogens with one attached hydrogen (secondary N) is 2. The summed E-state index contributed by atoms with van der Waals surface area (Å²) in [7, 11) is 3.92. The number of carbonyl (C=O) groups excluding carboxylic acids is 1. The lowest BCUT2D eigenvalue weighted by Crippen LogP contribution is -2.20. The van der Waals surface area contributed by atoms with E-state index >= 15 is 0 Å². The molecule has 0 aliphatic heterocycles. The van der Waals surface area contributed by atoms with E-state index in [4.69, 9.17) is 0 Å². The van der Waals surface area contributed by atoms with Crippen molar-refractivity contribution in [2.75, 3.05) is 26.0 Å². The third-order valence-electron chi connectivity index (χ3n) is 5.93. The lowest BCUT2D eigenvalue weighted by molar-refractivity contribution is -0.116. The van der Waals surface area contributed by atoms with E-state index in [-0.39, 0.29) is 5.91 Å². The first-order chi connectivity index (χ1) is 17.0. The molecule has 0 fully saturated rings. The van der Waals surface area contributed by atoms with E-state index in [0.29, 0.717) is 13.0 Å². The summed E-state index contributed by atoms with van der Waals surface area (Å²) in [6, 6.07) is 20.3.